The van der Waals surface area contributed by atoms with Gasteiger partial charge in [0.1, 0.15) is 5.75 Å². The number of benzene rings is 1. The third kappa shape index (κ3) is 2.05. The van der Waals surface area contributed by atoms with Gasteiger partial charge in [-0.2, -0.15) is 0 Å². The fourth-order valence-electron chi connectivity index (χ4n) is 1.54. The standard InChI is InChI=1S/C10H10ClNOS/c11-10(14)13-9-4-2-1-3-6(9)7-5-8(7)12/h1-4,7-8H,5,12H2. The van der Waals surface area contributed by atoms with E-state index in [1.807, 2.05) is 24.3 Å². The van der Waals surface area contributed by atoms with Crippen molar-refractivity contribution in [3.8, 4) is 5.75 Å². The maximum absolute atomic E-state index is 5.78. The molecule has 0 bridgehead atoms. The van der Waals surface area contributed by atoms with Gasteiger partial charge in [-0.25, -0.2) is 0 Å². The van der Waals surface area contributed by atoms with Crippen LogP contribution >= 0.6 is 23.8 Å². The topological polar surface area (TPSA) is 35.2 Å². The van der Waals surface area contributed by atoms with Gasteiger partial charge in [0.25, 0.3) is 4.51 Å². The van der Waals surface area contributed by atoms with Gasteiger partial charge in [-0.1, -0.05) is 18.2 Å². The predicted octanol–water partition coefficient (Wildman–Crippen LogP) is 2.40. The SMILES string of the molecule is NC1CC1c1ccccc1OC(=S)Cl. The zero-order chi connectivity index (χ0) is 10.1. The van der Waals surface area contributed by atoms with E-state index in [0.717, 1.165) is 17.7 Å². The molecule has 1 aromatic rings. The largest absolute Gasteiger partial charge is 0.435 e. The van der Waals surface area contributed by atoms with Gasteiger partial charge in [-0.15, -0.1) is 0 Å². The van der Waals surface area contributed by atoms with Gasteiger partial charge in [-0.05, 0) is 41.9 Å². The number of nitrogens with two attached hydrogens (primary N) is 1. The first kappa shape index (κ1) is 9.90. The van der Waals surface area contributed by atoms with E-state index in [2.05, 4.69) is 12.2 Å². The fourth-order valence-corrected chi connectivity index (χ4v) is 1.71. The highest BCUT2D eigenvalue weighted by Gasteiger charge is 2.36. The van der Waals surface area contributed by atoms with Crippen LogP contribution in [0.5, 0.6) is 5.75 Å². The van der Waals surface area contributed by atoms with Crippen LogP contribution in [-0.2, 0) is 0 Å². The Kier molecular flexibility index (Phi) is 2.72. The van der Waals surface area contributed by atoms with Crippen molar-refractivity contribution in [1.29, 1.82) is 0 Å². The Morgan fingerprint density at radius 3 is 2.71 bits per heavy atom. The second kappa shape index (κ2) is 3.85. The van der Waals surface area contributed by atoms with Gasteiger partial charge in [0.15, 0.2) is 0 Å². The summed E-state index contributed by atoms with van der Waals surface area (Å²) in [5, 5.41) is 0. The van der Waals surface area contributed by atoms with Crippen LogP contribution in [0.4, 0.5) is 0 Å². The van der Waals surface area contributed by atoms with Crippen molar-refractivity contribution < 1.29 is 4.74 Å². The van der Waals surface area contributed by atoms with Crippen LogP contribution in [0.3, 0.4) is 0 Å². The first-order valence-corrected chi connectivity index (χ1v) is 5.19. The smallest absolute Gasteiger partial charge is 0.260 e. The molecule has 2 rings (SSSR count). The van der Waals surface area contributed by atoms with E-state index in [9.17, 15) is 0 Å². The third-order valence-corrected chi connectivity index (χ3v) is 2.51. The Hall–Kier alpha value is -0.640. The van der Waals surface area contributed by atoms with E-state index in [-0.39, 0.29) is 10.6 Å². The van der Waals surface area contributed by atoms with Crippen LogP contribution in [-0.4, -0.2) is 10.6 Å². The molecule has 0 amide bonds. The predicted molar refractivity (Wildman–Crippen MR) is 60.9 cm³/mol. The van der Waals surface area contributed by atoms with Gasteiger partial charge in [0.2, 0.25) is 0 Å². The van der Waals surface area contributed by atoms with Gasteiger partial charge < -0.3 is 10.5 Å². The number of halogens is 1. The van der Waals surface area contributed by atoms with Crippen molar-refractivity contribution in [2.24, 2.45) is 5.73 Å². The molecule has 0 aromatic heterocycles. The van der Waals surface area contributed by atoms with E-state index >= 15 is 0 Å². The molecular formula is C10H10ClNOS. The number of para-hydroxylation sites is 1. The summed E-state index contributed by atoms with van der Waals surface area (Å²) in [4.78, 5) is 0. The number of hydrogen-bond acceptors (Lipinski definition) is 3. The average molecular weight is 228 g/mol. The Bertz CT molecular complexity index is 369. The molecule has 2 nitrogen and oxygen atoms in total. The molecule has 1 aliphatic rings. The lowest BCUT2D eigenvalue weighted by atomic mass is 10.1. The molecule has 1 aromatic carbocycles. The molecule has 1 saturated carbocycles. The summed E-state index contributed by atoms with van der Waals surface area (Å²) in [7, 11) is 0. The lowest BCUT2D eigenvalue weighted by molar-refractivity contribution is 0.568. The van der Waals surface area contributed by atoms with Crippen molar-refractivity contribution in [1.82, 2.24) is 0 Å². The van der Waals surface area contributed by atoms with Crippen LogP contribution in [0, 0.1) is 0 Å². The molecule has 74 valence electrons. The Balaban J connectivity index is 2.25. The summed E-state index contributed by atoms with van der Waals surface area (Å²) in [5.74, 6) is 1.13. The van der Waals surface area contributed by atoms with Crippen molar-refractivity contribution >= 4 is 28.3 Å². The first-order valence-electron chi connectivity index (χ1n) is 4.40. The third-order valence-electron chi connectivity index (χ3n) is 2.35. The molecule has 2 unspecified atom stereocenters. The maximum atomic E-state index is 5.78. The van der Waals surface area contributed by atoms with Crippen molar-refractivity contribution in [3.63, 3.8) is 0 Å². The van der Waals surface area contributed by atoms with Crippen LogP contribution < -0.4 is 10.5 Å². The summed E-state index contributed by atoms with van der Waals surface area (Å²) >= 11 is 10.2. The van der Waals surface area contributed by atoms with Gasteiger partial charge in [0.05, 0.1) is 0 Å². The summed E-state index contributed by atoms with van der Waals surface area (Å²) in [6.07, 6.45) is 1.01. The molecule has 4 heteroatoms. The zero-order valence-electron chi connectivity index (χ0n) is 7.44. The van der Waals surface area contributed by atoms with Crippen LogP contribution in [0.15, 0.2) is 24.3 Å². The second-order valence-electron chi connectivity index (χ2n) is 3.38. The minimum Gasteiger partial charge on any atom is -0.435 e. The summed E-state index contributed by atoms with van der Waals surface area (Å²) in [5.41, 5.74) is 6.88. The Labute approximate surface area is 93.0 Å². The van der Waals surface area contributed by atoms with E-state index in [1.165, 1.54) is 0 Å². The van der Waals surface area contributed by atoms with E-state index in [0.29, 0.717) is 5.92 Å². The van der Waals surface area contributed by atoms with E-state index in [4.69, 9.17) is 22.1 Å². The van der Waals surface area contributed by atoms with Gasteiger partial charge in [0, 0.05) is 12.0 Å². The zero-order valence-corrected chi connectivity index (χ0v) is 9.02. The molecule has 1 fully saturated rings. The molecule has 0 spiro atoms. The Morgan fingerprint density at radius 1 is 1.50 bits per heavy atom. The first-order chi connectivity index (χ1) is 6.68. The maximum Gasteiger partial charge on any atom is 0.260 e. The molecule has 0 saturated heterocycles. The highest BCUT2D eigenvalue weighted by Crippen LogP contribution is 2.43. The quantitative estimate of drug-likeness (QED) is 0.623. The molecule has 0 aliphatic heterocycles. The van der Waals surface area contributed by atoms with Crippen LogP contribution in [0.1, 0.15) is 17.9 Å². The lowest BCUT2D eigenvalue weighted by Gasteiger charge is -2.07. The molecule has 2 N–H and O–H groups in total. The molecule has 2 atom stereocenters. The minimum absolute atomic E-state index is 0.0201. The minimum atomic E-state index is 0.0201. The molecular weight excluding hydrogens is 218 g/mol. The van der Waals surface area contributed by atoms with Crippen molar-refractivity contribution in [2.75, 3.05) is 0 Å². The lowest BCUT2D eigenvalue weighted by Crippen LogP contribution is -2.04. The fraction of sp³-hybridized carbons (Fsp3) is 0.300. The monoisotopic (exact) mass is 227 g/mol. The number of rotatable bonds is 2. The summed E-state index contributed by atoms with van der Waals surface area (Å²) in [6.45, 7) is 0. The second-order valence-corrected chi connectivity index (χ2v) is 4.32. The van der Waals surface area contributed by atoms with Crippen molar-refractivity contribution in [2.45, 2.75) is 18.4 Å². The highest BCUT2D eigenvalue weighted by molar-refractivity contribution is 7.82. The summed E-state index contributed by atoms with van der Waals surface area (Å²) in [6, 6.07) is 7.97. The average Bonchev–Trinajstić information content (AvgIpc) is 2.82. The van der Waals surface area contributed by atoms with Gasteiger partial charge in [-0.3, -0.25) is 0 Å². The molecule has 0 heterocycles. The number of thiocarbonyl (C=S) groups is 1. The Morgan fingerprint density at radius 2 is 2.14 bits per heavy atom. The number of hydrogen-bond donors (Lipinski definition) is 1. The molecule has 1 aliphatic carbocycles. The normalized spacial score (nSPS) is 24.4. The van der Waals surface area contributed by atoms with Crippen LogP contribution in [0.2, 0.25) is 0 Å². The summed E-state index contributed by atoms with van der Waals surface area (Å²) < 4.78 is 5.26. The van der Waals surface area contributed by atoms with E-state index < -0.39 is 0 Å². The van der Waals surface area contributed by atoms with Gasteiger partial charge >= 0.3 is 0 Å². The van der Waals surface area contributed by atoms with E-state index in [1.54, 1.807) is 0 Å². The van der Waals surface area contributed by atoms with Crippen molar-refractivity contribution in [3.05, 3.63) is 29.8 Å². The molecule has 14 heavy (non-hydrogen) atoms. The highest BCUT2D eigenvalue weighted by atomic mass is 35.5. The number of ether oxygens (including phenoxy) is 1. The van der Waals surface area contributed by atoms with Crippen LogP contribution in [0.25, 0.3) is 0 Å². The molecule has 0 radical (unpaired) electrons.